The summed E-state index contributed by atoms with van der Waals surface area (Å²) in [6.45, 7) is 0. The second-order valence-corrected chi connectivity index (χ2v) is 3.84. The number of aryl methyl sites for hydroxylation is 1. The number of rotatable bonds is 4. The van der Waals surface area contributed by atoms with Gasteiger partial charge in [0.05, 0.1) is 7.11 Å². The van der Waals surface area contributed by atoms with E-state index in [4.69, 9.17) is 4.74 Å². The van der Waals surface area contributed by atoms with E-state index in [0.29, 0.717) is 6.42 Å². The van der Waals surface area contributed by atoms with Gasteiger partial charge in [-0.3, -0.25) is 0 Å². The average Bonchev–Trinajstić information content (AvgIpc) is 2.35. The Morgan fingerprint density at radius 1 is 1.22 bits per heavy atom. The smallest absolute Gasteiger partial charge is 0.550 e. The fourth-order valence-electron chi connectivity index (χ4n) is 1.99. The molecule has 0 spiro atoms. The number of carbonyl (C=O) groups excluding carboxylic acids is 1. The van der Waals surface area contributed by atoms with E-state index >= 15 is 0 Å². The van der Waals surface area contributed by atoms with Crippen LogP contribution in [0.5, 0.6) is 5.75 Å². The van der Waals surface area contributed by atoms with Crippen LogP contribution in [-0.2, 0) is 11.2 Å². The van der Waals surface area contributed by atoms with Gasteiger partial charge in [-0.05, 0) is 29.7 Å². The molecule has 18 heavy (non-hydrogen) atoms. The van der Waals surface area contributed by atoms with Gasteiger partial charge < -0.3 is 14.6 Å². The van der Waals surface area contributed by atoms with Crippen molar-refractivity contribution in [1.29, 1.82) is 0 Å². The van der Waals surface area contributed by atoms with Crippen LogP contribution in [0.3, 0.4) is 0 Å². The van der Waals surface area contributed by atoms with Gasteiger partial charge in [0.25, 0.3) is 0 Å². The van der Waals surface area contributed by atoms with Gasteiger partial charge in [0, 0.05) is 11.5 Å². The van der Waals surface area contributed by atoms with Gasteiger partial charge >= 0.3 is 29.6 Å². The summed E-state index contributed by atoms with van der Waals surface area (Å²) in [6.07, 6.45) is 0.428. The standard InChI is InChI=1S/C14H14O3.Na/c1-17-13-8-6-10-4-2-3-5-11(10)12(13)7-9-14(15)16;/h2-6,8H,7,9H2,1H3,(H,15,16);/q;+1/p-1. The molecule has 0 amide bonds. The predicted octanol–water partition coefficient (Wildman–Crippen LogP) is -1.47. The number of hydrogen-bond acceptors (Lipinski definition) is 3. The van der Waals surface area contributed by atoms with Gasteiger partial charge in [-0.15, -0.1) is 0 Å². The summed E-state index contributed by atoms with van der Waals surface area (Å²) in [7, 11) is 1.59. The first kappa shape index (κ1) is 15.0. The number of carboxylic acids is 1. The van der Waals surface area contributed by atoms with Crippen molar-refractivity contribution in [3.8, 4) is 5.75 Å². The molecule has 0 aliphatic heterocycles. The van der Waals surface area contributed by atoms with E-state index in [1.54, 1.807) is 7.11 Å². The van der Waals surface area contributed by atoms with Crippen LogP contribution in [0.15, 0.2) is 36.4 Å². The van der Waals surface area contributed by atoms with Crippen LogP contribution in [-0.4, -0.2) is 13.1 Å². The van der Waals surface area contributed by atoms with Crippen LogP contribution in [0.4, 0.5) is 0 Å². The monoisotopic (exact) mass is 252 g/mol. The zero-order valence-electron chi connectivity index (χ0n) is 10.6. The van der Waals surface area contributed by atoms with Gasteiger partial charge in [-0.25, -0.2) is 0 Å². The zero-order valence-corrected chi connectivity index (χ0v) is 12.6. The van der Waals surface area contributed by atoms with Crippen molar-refractivity contribution in [2.24, 2.45) is 0 Å². The Balaban J connectivity index is 0.00000162. The normalized spacial score (nSPS) is 9.83. The van der Waals surface area contributed by atoms with Crippen molar-refractivity contribution in [1.82, 2.24) is 0 Å². The Morgan fingerprint density at radius 3 is 2.61 bits per heavy atom. The van der Waals surface area contributed by atoms with E-state index in [0.717, 1.165) is 22.1 Å². The molecule has 0 aromatic heterocycles. The van der Waals surface area contributed by atoms with Gasteiger partial charge in [0.1, 0.15) is 5.75 Å². The quantitative estimate of drug-likeness (QED) is 0.625. The van der Waals surface area contributed by atoms with E-state index in [1.807, 2.05) is 36.4 Å². The van der Waals surface area contributed by atoms with Crippen LogP contribution in [0, 0.1) is 0 Å². The Labute approximate surface area is 128 Å². The van der Waals surface area contributed by atoms with Crippen molar-refractivity contribution in [3.63, 3.8) is 0 Å². The number of aliphatic carboxylic acids is 1. The molecule has 0 fully saturated rings. The van der Waals surface area contributed by atoms with Crippen molar-refractivity contribution in [2.45, 2.75) is 12.8 Å². The van der Waals surface area contributed by atoms with E-state index in [-0.39, 0.29) is 36.0 Å². The molecular weight excluding hydrogens is 239 g/mol. The van der Waals surface area contributed by atoms with Crippen molar-refractivity contribution >= 4 is 16.7 Å². The van der Waals surface area contributed by atoms with E-state index in [9.17, 15) is 9.90 Å². The first-order chi connectivity index (χ1) is 8.22. The molecule has 0 bridgehead atoms. The fraction of sp³-hybridized carbons (Fsp3) is 0.214. The molecule has 0 N–H and O–H groups in total. The molecule has 0 unspecified atom stereocenters. The molecule has 0 aliphatic rings. The third-order valence-electron chi connectivity index (χ3n) is 2.80. The van der Waals surface area contributed by atoms with Crippen molar-refractivity contribution in [2.75, 3.05) is 7.11 Å². The molecule has 0 heterocycles. The third-order valence-corrected chi connectivity index (χ3v) is 2.80. The Morgan fingerprint density at radius 2 is 1.94 bits per heavy atom. The summed E-state index contributed by atoms with van der Waals surface area (Å²) in [4.78, 5) is 10.6. The maximum atomic E-state index is 10.6. The summed E-state index contributed by atoms with van der Waals surface area (Å²) in [5.41, 5.74) is 0.926. The Hall–Kier alpha value is -1.03. The minimum Gasteiger partial charge on any atom is -0.550 e. The van der Waals surface area contributed by atoms with Gasteiger partial charge in [-0.2, -0.15) is 0 Å². The van der Waals surface area contributed by atoms with Crippen molar-refractivity contribution in [3.05, 3.63) is 42.0 Å². The Bertz CT molecular complexity index is 552. The molecule has 0 radical (unpaired) electrons. The maximum absolute atomic E-state index is 10.6. The summed E-state index contributed by atoms with van der Waals surface area (Å²) >= 11 is 0. The van der Waals surface area contributed by atoms with E-state index in [1.165, 1.54) is 0 Å². The second-order valence-electron chi connectivity index (χ2n) is 3.84. The maximum Gasteiger partial charge on any atom is 1.00 e. The topological polar surface area (TPSA) is 49.4 Å². The minimum atomic E-state index is -1.04. The van der Waals surface area contributed by atoms with Gasteiger partial charge in [0.15, 0.2) is 0 Å². The molecule has 88 valence electrons. The van der Waals surface area contributed by atoms with Gasteiger partial charge in [0.2, 0.25) is 0 Å². The molecule has 0 atom stereocenters. The summed E-state index contributed by atoms with van der Waals surface area (Å²) in [5, 5.41) is 12.7. The molecule has 4 heteroatoms. The van der Waals surface area contributed by atoms with Crippen molar-refractivity contribution < 1.29 is 44.2 Å². The first-order valence-corrected chi connectivity index (χ1v) is 5.47. The number of benzene rings is 2. The molecule has 2 aromatic carbocycles. The molecule has 0 saturated heterocycles. The summed E-state index contributed by atoms with van der Waals surface area (Å²) in [6, 6.07) is 11.7. The van der Waals surface area contributed by atoms with E-state index < -0.39 is 5.97 Å². The Kier molecular flexibility index (Phi) is 5.66. The van der Waals surface area contributed by atoms with Crippen LogP contribution >= 0.6 is 0 Å². The number of fused-ring (bicyclic) bond motifs is 1. The van der Waals surface area contributed by atoms with Crippen LogP contribution in [0.2, 0.25) is 0 Å². The molecular formula is C14H13NaO3. The number of carbonyl (C=O) groups is 1. The number of carboxylic acid groups (broad SMARTS) is 1. The molecule has 2 rings (SSSR count). The number of methoxy groups -OCH3 is 1. The van der Waals surface area contributed by atoms with Gasteiger partial charge in [-0.1, -0.05) is 30.3 Å². The molecule has 0 aliphatic carbocycles. The summed E-state index contributed by atoms with van der Waals surface area (Å²) < 4.78 is 5.27. The third kappa shape index (κ3) is 3.25. The zero-order chi connectivity index (χ0) is 12.3. The summed E-state index contributed by atoms with van der Waals surface area (Å²) in [5.74, 6) is -0.315. The SMILES string of the molecule is COc1ccc2ccccc2c1CCC(=O)[O-].[Na+]. The molecule has 3 nitrogen and oxygen atoms in total. The van der Waals surface area contributed by atoms with Crippen LogP contribution in [0.1, 0.15) is 12.0 Å². The average molecular weight is 252 g/mol. The second kappa shape index (κ2) is 6.78. The predicted molar refractivity (Wildman–Crippen MR) is 63.8 cm³/mol. The molecule has 2 aromatic rings. The van der Waals surface area contributed by atoms with Crippen LogP contribution < -0.4 is 39.4 Å². The van der Waals surface area contributed by atoms with E-state index in [2.05, 4.69) is 0 Å². The molecule has 0 saturated carbocycles. The van der Waals surface area contributed by atoms with Crippen LogP contribution in [0.25, 0.3) is 10.8 Å². The first-order valence-electron chi connectivity index (χ1n) is 5.47. The number of ether oxygens (including phenoxy) is 1. The largest absolute Gasteiger partial charge is 1.00 e. The fourth-order valence-corrected chi connectivity index (χ4v) is 1.99. The number of hydrogen-bond donors (Lipinski definition) is 0. The minimum absolute atomic E-state index is 0.